The first-order chi connectivity index (χ1) is 27.3. The van der Waals surface area contributed by atoms with Crippen LogP contribution in [0.4, 0.5) is 11.4 Å². The molecule has 58 heavy (non-hydrogen) atoms. The molecular weight excluding hydrogens is 1450 g/mol. The Morgan fingerprint density at radius 3 is 1.38 bits per heavy atom. The molecule has 3 unspecified atom stereocenters. The van der Waals surface area contributed by atoms with Gasteiger partial charge < -0.3 is 72.3 Å². The van der Waals surface area contributed by atoms with Crippen molar-refractivity contribution in [2.45, 2.75) is 18.3 Å². The summed E-state index contributed by atoms with van der Waals surface area (Å²) in [5.41, 5.74) is -0.0934. The Kier molecular flexibility index (Phi) is 24.2. The number of hydrogen-bond acceptors (Lipinski definition) is 15. The van der Waals surface area contributed by atoms with E-state index < -0.39 is 99.8 Å². The van der Waals surface area contributed by atoms with E-state index in [-0.39, 0.29) is 81.2 Å². The number of hydrogen-bond donors (Lipinski definition) is 13. The molecule has 322 valence electrons. The van der Waals surface area contributed by atoms with Gasteiger partial charge in [0.2, 0.25) is 11.8 Å². The fourth-order valence-electron chi connectivity index (χ4n) is 4.78. The third kappa shape index (κ3) is 14.5. The van der Waals surface area contributed by atoms with Gasteiger partial charge in [-0.3, -0.25) is 28.8 Å². The van der Waals surface area contributed by atoms with Crippen LogP contribution in [-0.4, -0.2) is 172 Å². The quantitative estimate of drug-likeness (QED) is 0.0477. The molecule has 0 aliphatic carbocycles. The zero-order chi connectivity index (χ0) is 44.0. The van der Waals surface area contributed by atoms with Crippen molar-refractivity contribution in [3.05, 3.63) is 43.7 Å². The van der Waals surface area contributed by atoms with Gasteiger partial charge in [0, 0.05) is 49.0 Å². The van der Waals surface area contributed by atoms with Gasteiger partial charge >= 0.3 is 0 Å². The molecule has 0 bridgehead atoms. The molecule has 0 spiro atoms. The molecule has 2 aromatic rings. The average Bonchev–Trinajstić information content (AvgIpc) is 3.18. The molecule has 0 saturated carbocycles. The number of aliphatic hydroxyl groups excluding tert-OH is 8. The summed E-state index contributed by atoms with van der Waals surface area (Å²) in [5, 5.41) is 90.2. The van der Waals surface area contributed by atoms with Gasteiger partial charge in [0.15, 0.2) is 5.78 Å². The van der Waals surface area contributed by atoms with Crippen LogP contribution in [0.3, 0.4) is 0 Å². The molecule has 20 nitrogen and oxygen atoms in total. The van der Waals surface area contributed by atoms with Crippen molar-refractivity contribution in [3.8, 4) is 0 Å². The summed E-state index contributed by atoms with van der Waals surface area (Å²) in [6.07, 6.45) is -3.90. The third-order valence-corrected chi connectivity index (χ3v) is 14.0. The van der Waals surface area contributed by atoms with E-state index in [9.17, 15) is 64.5 Å². The molecule has 13 N–H and O–H groups in total. The highest BCUT2D eigenvalue weighted by molar-refractivity contribution is 14.1. The Hall–Kier alpha value is -0.520. The minimum absolute atomic E-state index is 0.0134. The zero-order valence-electron chi connectivity index (χ0n) is 29.8. The molecule has 2 aromatic carbocycles. The summed E-state index contributed by atoms with van der Waals surface area (Å²) in [4.78, 5) is 79.9. The maximum atomic E-state index is 14.1. The fourth-order valence-corrected chi connectivity index (χ4v) is 13.7. The predicted molar refractivity (Wildman–Crippen MR) is 258 cm³/mol. The van der Waals surface area contributed by atoms with Crippen molar-refractivity contribution in [3.63, 3.8) is 0 Å². The number of nitrogens with zero attached hydrogens (tertiary/aromatic N) is 1. The monoisotopic (exact) mass is 1490 g/mol. The molecule has 0 heterocycles. The average molecular weight is 1490 g/mol. The first kappa shape index (κ1) is 53.6. The minimum Gasteiger partial charge on any atom is -0.395 e. The summed E-state index contributed by atoms with van der Waals surface area (Å²) in [7, 11) is 0. The van der Waals surface area contributed by atoms with Crippen LogP contribution < -0.4 is 26.6 Å². The molecule has 0 aliphatic heterocycles. The first-order valence-corrected chi connectivity index (χ1v) is 23.0. The van der Waals surface area contributed by atoms with Gasteiger partial charge in [-0.15, -0.1) is 0 Å². The number of amides is 5. The Morgan fingerprint density at radius 1 is 0.552 bits per heavy atom. The number of carbonyl (C=O) groups excluding carboxylic acids is 6. The second-order valence-electron chi connectivity index (χ2n) is 11.8. The molecule has 5 amide bonds. The maximum Gasteiger partial charge on any atom is 0.256 e. The van der Waals surface area contributed by atoms with E-state index in [1.54, 1.807) is 113 Å². The minimum atomic E-state index is -1.35. The van der Waals surface area contributed by atoms with E-state index in [0.29, 0.717) is 0 Å². The summed E-state index contributed by atoms with van der Waals surface area (Å²) >= 11 is 10.7. The highest BCUT2D eigenvalue weighted by Gasteiger charge is 2.32. The van der Waals surface area contributed by atoms with Crippen molar-refractivity contribution in [2.24, 2.45) is 0 Å². The van der Waals surface area contributed by atoms with Gasteiger partial charge in [0.05, 0.1) is 83.5 Å². The number of ketones is 1. The lowest BCUT2D eigenvalue weighted by atomic mass is 10.0. The number of carbonyl (C=O) groups is 6. The fraction of sp³-hybridized carbons (Fsp3) is 0.438. The number of aliphatic hydroxyl groups is 8. The number of anilines is 2. The SMILES string of the molecule is O=C(CO)Nc1c(I)c(C(=O)CNCC(O)CN(CCO)C(=O)c2c(I)c(NC(=O)CO)c(I)c(C(=O)NCC(O)CO)c2I)c(I)c(C(=O)NCC(O)CO)c1I. The number of halogens is 6. The number of rotatable bonds is 22. The summed E-state index contributed by atoms with van der Waals surface area (Å²) < 4.78 is 1.12. The molecular formula is C32H38I6N6O14. The molecule has 0 aromatic heterocycles. The topological polar surface area (TPSA) is 328 Å². The van der Waals surface area contributed by atoms with Crippen molar-refractivity contribution < 1.29 is 69.6 Å². The van der Waals surface area contributed by atoms with Crippen LogP contribution in [0.1, 0.15) is 41.4 Å². The predicted octanol–water partition coefficient (Wildman–Crippen LogP) is -1.39. The molecule has 0 aliphatic rings. The van der Waals surface area contributed by atoms with E-state index in [1.165, 1.54) is 0 Å². The van der Waals surface area contributed by atoms with E-state index in [0.717, 1.165) is 4.90 Å². The highest BCUT2D eigenvalue weighted by atomic mass is 127. The number of Topliss-reactive ketones (excluding diaryl/α,β-unsaturated/α-hetero) is 1. The molecule has 26 heteroatoms. The first-order valence-electron chi connectivity index (χ1n) is 16.5. The van der Waals surface area contributed by atoms with Crippen LogP contribution in [0, 0.1) is 21.4 Å². The normalized spacial score (nSPS) is 12.7. The van der Waals surface area contributed by atoms with Crippen LogP contribution >= 0.6 is 136 Å². The van der Waals surface area contributed by atoms with Crippen molar-refractivity contribution in [1.29, 1.82) is 0 Å². The Balaban J connectivity index is 2.43. The van der Waals surface area contributed by atoms with E-state index in [2.05, 4.69) is 26.6 Å². The van der Waals surface area contributed by atoms with Crippen LogP contribution in [0.5, 0.6) is 0 Å². The van der Waals surface area contributed by atoms with E-state index in [1.807, 2.05) is 22.6 Å². The summed E-state index contributed by atoms with van der Waals surface area (Å²) in [6, 6.07) is 0. The van der Waals surface area contributed by atoms with Crippen LogP contribution in [-0.2, 0) is 9.59 Å². The number of benzene rings is 2. The smallest absolute Gasteiger partial charge is 0.256 e. The summed E-state index contributed by atoms with van der Waals surface area (Å²) in [6.45, 7) is -5.67. The zero-order valence-corrected chi connectivity index (χ0v) is 42.7. The summed E-state index contributed by atoms with van der Waals surface area (Å²) in [5.74, 6) is -4.50. The van der Waals surface area contributed by atoms with Crippen LogP contribution in [0.25, 0.3) is 0 Å². The molecule has 0 saturated heterocycles. The number of nitrogens with one attached hydrogen (secondary N) is 5. The standard InChI is InChI=1S/C32H38I6N6O14/c33-22-18(24(35)28(42-16(54)10-48)25(36)19(22)30(56)40-4-13(51)8-46)15(53)6-39-3-12(50)7-44(1-2-45)32(58)21-23(34)20(31(57)41-5-14(52)9-47)26(37)29(27(21)38)43-17(55)11-49/h12-14,39,45-52H,1-11H2,(H,40,56)(H,41,57)(H,42,54)(H,43,55). The Labute approximate surface area is 412 Å². The lowest BCUT2D eigenvalue weighted by Gasteiger charge is -2.27. The van der Waals surface area contributed by atoms with Gasteiger partial charge in [-0.25, -0.2) is 0 Å². The molecule has 0 fully saturated rings. The van der Waals surface area contributed by atoms with Crippen LogP contribution in [0.2, 0.25) is 0 Å². The van der Waals surface area contributed by atoms with Crippen molar-refractivity contribution in [2.75, 3.05) is 82.9 Å². The molecule has 2 rings (SSSR count). The van der Waals surface area contributed by atoms with Crippen molar-refractivity contribution >= 4 is 182 Å². The molecule has 0 radical (unpaired) electrons. The van der Waals surface area contributed by atoms with E-state index in [4.69, 9.17) is 5.11 Å². The van der Waals surface area contributed by atoms with Crippen LogP contribution in [0.15, 0.2) is 0 Å². The Bertz CT molecular complexity index is 1880. The maximum absolute atomic E-state index is 14.1. The molecule has 3 atom stereocenters. The van der Waals surface area contributed by atoms with Gasteiger partial charge in [0.1, 0.15) is 13.2 Å². The largest absolute Gasteiger partial charge is 0.395 e. The highest BCUT2D eigenvalue weighted by Crippen LogP contribution is 2.37. The Morgan fingerprint density at radius 2 is 0.966 bits per heavy atom. The van der Waals surface area contributed by atoms with Gasteiger partial charge in [-0.1, -0.05) is 0 Å². The second-order valence-corrected chi connectivity index (χ2v) is 18.3. The van der Waals surface area contributed by atoms with Gasteiger partial charge in [-0.2, -0.15) is 0 Å². The third-order valence-electron chi connectivity index (χ3n) is 7.57. The van der Waals surface area contributed by atoms with Gasteiger partial charge in [-0.05, 0) is 136 Å². The lowest BCUT2D eigenvalue weighted by molar-refractivity contribution is -0.119. The van der Waals surface area contributed by atoms with E-state index >= 15 is 0 Å². The van der Waals surface area contributed by atoms with Crippen molar-refractivity contribution in [1.82, 2.24) is 20.9 Å². The van der Waals surface area contributed by atoms with Gasteiger partial charge in [0.25, 0.3) is 17.7 Å². The second kappa shape index (κ2) is 26.2. The lowest BCUT2D eigenvalue weighted by Crippen LogP contribution is -2.44.